The van der Waals surface area contributed by atoms with Crippen molar-refractivity contribution in [3.05, 3.63) is 22.3 Å². The Morgan fingerprint density at radius 3 is 1.82 bits per heavy atom. The van der Waals surface area contributed by atoms with Gasteiger partial charge in [-0.3, -0.25) is 14.4 Å². The number of carbonyl (C=O) groups is 3. The molecule has 0 heterocycles. The lowest BCUT2D eigenvalue weighted by Gasteiger charge is -2.39. The summed E-state index contributed by atoms with van der Waals surface area (Å²) < 4.78 is 27.8. The first-order valence-corrected chi connectivity index (χ1v) is 11.3. The maximum Gasteiger partial charge on any atom is 0.324 e. The summed E-state index contributed by atoms with van der Waals surface area (Å²) in [6.45, 7) is 12.4. The van der Waals surface area contributed by atoms with Crippen LogP contribution in [0, 0.1) is 19.3 Å². The molecule has 1 aromatic carbocycles. The van der Waals surface area contributed by atoms with E-state index in [1.807, 2.05) is 13.8 Å². The van der Waals surface area contributed by atoms with E-state index in [4.69, 9.17) is 23.7 Å². The molecule has 0 spiro atoms. The van der Waals surface area contributed by atoms with Crippen molar-refractivity contribution in [2.75, 3.05) is 20.8 Å². The lowest BCUT2D eigenvalue weighted by atomic mass is 9.65. The second-order valence-electron chi connectivity index (χ2n) is 8.88. The number of benzene rings is 1. The first-order valence-electron chi connectivity index (χ1n) is 11.3. The topological polar surface area (TPSA) is 97.4 Å². The molecule has 1 aliphatic carbocycles. The summed E-state index contributed by atoms with van der Waals surface area (Å²) in [7, 11) is 3.04. The first kappa shape index (κ1) is 26.5. The van der Waals surface area contributed by atoms with E-state index in [2.05, 4.69) is 0 Å². The van der Waals surface area contributed by atoms with Gasteiger partial charge in [0.05, 0.1) is 39.0 Å². The van der Waals surface area contributed by atoms with Gasteiger partial charge in [-0.2, -0.15) is 0 Å². The van der Waals surface area contributed by atoms with E-state index in [-0.39, 0.29) is 19.4 Å². The van der Waals surface area contributed by atoms with E-state index < -0.39 is 41.4 Å². The third-order valence-electron chi connectivity index (χ3n) is 5.91. The summed E-state index contributed by atoms with van der Waals surface area (Å²) >= 11 is 0. The summed E-state index contributed by atoms with van der Waals surface area (Å²) in [5.74, 6) is -1.96. The lowest BCUT2D eigenvalue weighted by molar-refractivity contribution is -0.179. The highest BCUT2D eigenvalue weighted by Gasteiger charge is 2.57. The molecule has 0 saturated heterocycles. The van der Waals surface area contributed by atoms with E-state index >= 15 is 0 Å². The van der Waals surface area contributed by atoms with Crippen LogP contribution in [0.2, 0.25) is 0 Å². The van der Waals surface area contributed by atoms with Crippen molar-refractivity contribution in [2.24, 2.45) is 5.41 Å². The zero-order chi connectivity index (χ0) is 25.1. The molecule has 8 nitrogen and oxygen atoms in total. The van der Waals surface area contributed by atoms with E-state index in [1.165, 1.54) is 14.2 Å². The van der Waals surface area contributed by atoms with Gasteiger partial charge >= 0.3 is 17.9 Å². The minimum Gasteiger partial charge on any atom is -0.496 e. The lowest BCUT2D eigenvalue weighted by Crippen LogP contribution is -2.49. The summed E-state index contributed by atoms with van der Waals surface area (Å²) in [5, 5.41) is 0. The fraction of sp³-hybridized carbons (Fsp3) is 0.640. The Morgan fingerprint density at radius 2 is 1.39 bits per heavy atom. The average molecular weight is 465 g/mol. The minimum atomic E-state index is -1.74. The summed E-state index contributed by atoms with van der Waals surface area (Å²) in [5.41, 5.74) is 0.980. The van der Waals surface area contributed by atoms with Gasteiger partial charge in [-0.25, -0.2) is 0 Å². The second kappa shape index (κ2) is 10.4. The van der Waals surface area contributed by atoms with Crippen molar-refractivity contribution in [1.82, 2.24) is 0 Å². The van der Waals surface area contributed by atoms with Gasteiger partial charge in [-0.05, 0) is 66.0 Å². The molecular weight excluding hydrogens is 428 g/mol. The Kier molecular flexibility index (Phi) is 8.38. The zero-order valence-electron chi connectivity index (χ0n) is 21.1. The van der Waals surface area contributed by atoms with Crippen molar-refractivity contribution in [1.29, 1.82) is 0 Å². The Hall–Kier alpha value is -2.77. The maximum absolute atomic E-state index is 13.4. The van der Waals surface area contributed by atoms with Gasteiger partial charge in [-0.15, -0.1) is 0 Å². The van der Waals surface area contributed by atoms with Gasteiger partial charge in [0.15, 0.2) is 5.41 Å². The molecule has 1 atom stereocenters. The van der Waals surface area contributed by atoms with Crippen LogP contribution in [0.3, 0.4) is 0 Å². The molecule has 0 N–H and O–H groups in total. The number of carbonyl (C=O) groups excluding carboxylic acids is 3. The smallest absolute Gasteiger partial charge is 0.324 e. The first-order chi connectivity index (χ1) is 15.4. The van der Waals surface area contributed by atoms with Crippen LogP contribution >= 0.6 is 0 Å². The van der Waals surface area contributed by atoms with Crippen molar-refractivity contribution >= 4 is 17.9 Å². The van der Waals surface area contributed by atoms with Gasteiger partial charge < -0.3 is 23.7 Å². The van der Waals surface area contributed by atoms with E-state index in [0.29, 0.717) is 22.6 Å². The van der Waals surface area contributed by atoms with Gasteiger partial charge in [0, 0.05) is 17.5 Å². The third kappa shape index (κ3) is 4.94. The Bertz CT molecular complexity index is 894. The molecule has 184 valence electrons. The van der Waals surface area contributed by atoms with Crippen LogP contribution in [0.4, 0.5) is 0 Å². The largest absolute Gasteiger partial charge is 0.496 e. The van der Waals surface area contributed by atoms with Crippen LogP contribution in [0.5, 0.6) is 11.5 Å². The number of ether oxygens (including phenoxy) is 5. The number of methoxy groups -OCH3 is 2. The molecule has 0 bridgehead atoms. The highest BCUT2D eigenvalue weighted by atomic mass is 16.6. The monoisotopic (exact) mass is 464 g/mol. The predicted molar refractivity (Wildman–Crippen MR) is 122 cm³/mol. The molecule has 0 radical (unpaired) electrons. The fourth-order valence-electron chi connectivity index (χ4n) is 4.43. The zero-order valence-corrected chi connectivity index (χ0v) is 21.1. The molecule has 2 rings (SSSR count). The normalized spacial score (nSPS) is 16.8. The number of hydrogen-bond donors (Lipinski definition) is 0. The second-order valence-corrected chi connectivity index (χ2v) is 8.88. The van der Waals surface area contributed by atoms with Crippen molar-refractivity contribution in [3.8, 4) is 11.5 Å². The number of hydrogen-bond acceptors (Lipinski definition) is 8. The Balaban J connectivity index is 2.89. The number of fused-ring (bicyclic) bond motifs is 1. The van der Waals surface area contributed by atoms with Crippen LogP contribution in [0.25, 0.3) is 0 Å². The molecule has 0 fully saturated rings. The molecule has 1 aliphatic rings. The van der Waals surface area contributed by atoms with Crippen LogP contribution in [-0.2, 0) is 35.0 Å². The highest BCUT2D eigenvalue weighted by molar-refractivity contribution is 6.02. The molecule has 0 aromatic heterocycles. The molecule has 0 saturated carbocycles. The minimum absolute atomic E-state index is 0.0456. The number of esters is 3. The standard InChI is InChI=1S/C25H36O8/c1-10-31-22(26)18-12-25(23(27)32-13(2)3,24(28)33-14(4)5)11-17-19(18)21(30-9)16(7)15(6)20(17)29-8/h13-14,18H,10-12H2,1-9H3. The Labute approximate surface area is 195 Å². The Morgan fingerprint density at radius 1 is 0.909 bits per heavy atom. The van der Waals surface area contributed by atoms with E-state index in [1.54, 1.807) is 34.6 Å². The maximum atomic E-state index is 13.4. The quantitative estimate of drug-likeness (QED) is 0.326. The summed E-state index contributed by atoms with van der Waals surface area (Å²) in [6, 6.07) is 0. The van der Waals surface area contributed by atoms with Crippen LogP contribution in [0.1, 0.15) is 69.2 Å². The van der Waals surface area contributed by atoms with E-state index in [9.17, 15) is 14.4 Å². The molecule has 1 aromatic rings. The molecule has 0 amide bonds. The fourth-order valence-corrected chi connectivity index (χ4v) is 4.43. The van der Waals surface area contributed by atoms with Crippen molar-refractivity contribution in [3.63, 3.8) is 0 Å². The van der Waals surface area contributed by atoms with Gasteiger partial charge in [-0.1, -0.05) is 0 Å². The van der Waals surface area contributed by atoms with Gasteiger partial charge in [0.2, 0.25) is 0 Å². The highest BCUT2D eigenvalue weighted by Crippen LogP contribution is 2.53. The van der Waals surface area contributed by atoms with E-state index in [0.717, 1.165) is 11.1 Å². The van der Waals surface area contributed by atoms with Crippen LogP contribution < -0.4 is 9.47 Å². The molecule has 33 heavy (non-hydrogen) atoms. The third-order valence-corrected chi connectivity index (χ3v) is 5.91. The van der Waals surface area contributed by atoms with Gasteiger partial charge in [0.25, 0.3) is 0 Å². The van der Waals surface area contributed by atoms with Crippen LogP contribution in [0.15, 0.2) is 0 Å². The van der Waals surface area contributed by atoms with Crippen molar-refractivity contribution < 1.29 is 38.1 Å². The average Bonchev–Trinajstić information content (AvgIpc) is 2.73. The molecule has 0 aliphatic heterocycles. The summed E-state index contributed by atoms with van der Waals surface area (Å²) in [4.78, 5) is 40.1. The van der Waals surface area contributed by atoms with Gasteiger partial charge in [0.1, 0.15) is 11.5 Å². The molecule has 1 unspecified atom stereocenters. The summed E-state index contributed by atoms with van der Waals surface area (Å²) in [6.07, 6.45) is -1.12. The predicted octanol–water partition coefficient (Wildman–Crippen LogP) is 3.80. The molecule has 8 heteroatoms. The number of rotatable bonds is 8. The van der Waals surface area contributed by atoms with Crippen molar-refractivity contribution in [2.45, 2.75) is 79.4 Å². The SMILES string of the molecule is CCOC(=O)C1CC(C(=O)OC(C)C)(C(=O)OC(C)C)Cc2c(OC)c(C)c(C)c(OC)c21. The molecular formula is C25H36O8. The van der Waals surface area contributed by atoms with Crippen LogP contribution in [-0.4, -0.2) is 50.9 Å².